The first-order valence-electron chi connectivity index (χ1n) is 12.3. The maximum Gasteiger partial charge on any atom is 0.219 e. The normalized spacial score (nSPS) is 16.9. The molecule has 1 amide bonds. The third-order valence-corrected chi connectivity index (χ3v) is 7.55. The van der Waals surface area contributed by atoms with E-state index in [9.17, 15) is 4.79 Å². The number of amides is 1. The Morgan fingerprint density at radius 2 is 1.85 bits per heavy atom. The number of aromatic nitrogens is 6. The van der Waals surface area contributed by atoms with Crippen molar-refractivity contribution in [2.75, 3.05) is 6.54 Å². The summed E-state index contributed by atoms with van der Waals surface area (Å²) in [5, 5.41) is 10.2. The van der Waals surface area contributed by atoms with Crippen molar-refractivity contribution in [1.82, 2.24) is 34.0 Å². The zero-order valence-electron chi connectivity index (χ0n) is 20.2. The van der Waals surface area contributed by atoms with Crippen LogP contribution in [0.1, 0.15) is 56.5 Å². The number of hydrogen-bond donors (Lipinski definition) is 0. The number of fused-ring (bicyclic) bond motifs is 2. The molecule has 4 aromatic rings. The number of benzene rings is 1. The smallest absolute Gasteiger partial charge is 0.219 e. The largest absolute Gasteiger partial charge is 0.335 e. The van der Waals surface area contributed by atoms with Crippen LogP contribution in [0.3, 0.4) is 0 Å². The van der Waals surface area contributed by atoms with Crippen molar-refractivity contribution >= 4 is 16.8 Å². The number of imidazole rings is 1. The van der Waals surface area contributed by atoms with Gasteiger partial charge in [0.2, 0.25) is 5.91 Å². The van der Waals surface area contributed by atoms with Crippen LogP contribution in [-0.2, 0) is 32.0 Å². The summed E-state index contributed by atoms with van der Waals surface area (Å²) in [6.45, 7) is 3.86. The number of carbonyl (C=O) groups excluding carboxylic acids is 1. The van der Waals surface area contributed by atoms with Gasteiger partial charge in [-0.25, -0.2) is 4.98 Å². The Labute approximate surface area is 199 Å². The van der Waals surface area contributed by atoms with E-state index >= 15 is 0 Å². The minimum atomic E-state index is 0.124. The second-order valence-electron chi connectivity index (χ2n) is 9.80. The van der Waals surface area contributed by atoms with Crippen LogP contribution in [0.4, 0.5) is 0 Å². The number of aryl methyl sites for hydroxylation is 2. The summed E-state index contributed by atoms with van der Waals surface area (Å²) >= 11 is 0. The van der Waals surface area contributed by atoms with Gasteiger partial charge in [-0.2, -0.15) is 10.2 Å². The minimum Gasteiger partial charge on any atom is -0.335 e. The van der Waals surface area contributed by atoms with Gasteiger partial charge in [-0.1, -0.05) is 25.3 Å². The van der Waals surface area contributed by atoms with Crippen LogP contribution in [0, 0.1) is 0 Å². The van der Waals surface area contributed by atoms with Crippen molar-refractivity contribution in [2.24, 2.45) is 14.1 Å². The molecule has 8 nitrogen and oxygen atoms in total. The molecule has 1 aliphatic carbocycles. The van der Waals surface area contributed by atoms with Gasteiger partial charge in [0.1, 0.15) is 11.5 Å². The Balaban J connectivity index is 1.50. The van der Waals surface area contributed by atoms with Crippen LogP contribution < -0.4 is 0 Å². The minimum absolute atomic E-state index is 0.124. The fourth-order valence-corrected chi connectivity index (χ4v) is 5.74. The first-order chi connectivity index (χ1) is 16.5. The molecule has 0 N–H and O–H groups in total. The molecule has 1 aromatic carbocycles. The molecule has 8 heteroatoms. The zero-order valence-corrected chi connectivity index (χ0v) is 20.2. The van der Waals surface area contributed by atoms with Gasteiger partial charge in [0.25, 0.3) is 0 Å². The molecule has 176 valence electrons. The highest BCUT2D eigenvalue weighted by Crippen LogP contribution is 2.38. The van der Waals surface area contributed by atoms with E-state index in [1.807, 2.05) is 36.1 Å². The van der Waals surface area contributed by atoms with Gasteiger partial charge in [-0.15, -0.1) is 0 Å². The van der Waals surface area contributed by atoms with Crippen molar-refractivity contribution in [3.63, 3.8) is 0 Å². The van der Waals surface area contributed by atoms with Crippen LogP contribution >= 0.6 is 0 Å². The Bertz CT molecular complexity index is 1390. The molecule has 6 rings (SSSR count). The first kappa shape index (κ1) is 21.1. The third kappa shape index (κ3) is 3.43. The quantitative estimate of drug-likeness (QED) is 0.461. The van der Waals surface area contributed by atoms with Gasteiger partial charge in [-0.3, -0.25) is 14.2 Å². The fourth-order valence-electron chi connectivity index (χ4n) is 5.74. The highest BCUT2D eigenvalue weighted by Gasteiger charge is 2.30. The lowest BCUT2D eigenvalue weighted by atomic mass is 9.88. The predicted molar refractivity (Wildman–Crippen MR) is 131 cm³/mol. The van der Waals surface area contributed by atoms with Crippen LogP contribution in [0.2, 0.25) is 0 Å². The van der Waals surface area contributed by atoms with Crippen molar-refractivity contribution in [3.05, 3.63) is 42.1 Å². The third-order valence-electron chi connectivity index (χ3n) is 7.55. The molecule has 0 bridgehead atoms. The lowest BCUT2D eigenvalue weighted by Gasteiger charge is -2.30. The number of nitrogens with zero attached hydrogens (tertiary/aromatic N) is 7. The molecule has 0 unspecified atom stereocenters. The van der Waals surface area contributed by atoms with Crippen molar-refractivity contribution in [1.29, 1.82) is 0 Å². The average Bonchev–Trinajstić information content (AvgIpc) is 3.54. The van der Waals surface area contributed by atoms with Gasteiger partial charge in [0, 0.05) is 62.7 Å². The first-order valence-corrected chi connectivity index (χ1v) is 12.3. The molecule has 0 atom stereocenters. The summed E-state index contributed by atoms with van der Waals surface area (Å²) in [5.41, 5.74) is 6.26. The van der Waals surface area contributed by atoms with E-state index in [-0.39, 0.29) is 5.91 Å². The topological polar surface area (TPSA) is 73.8 Å². The molecular weight excluding hydrogens is 426 g/mol. The van der Waals surface area contributed by atoms with E-state index in [4.69, 9.17) is 10.1 Å². The molecule has 1 saturated carbocycles. The molecule has 0 radical (unpaired) electrons. The standard InChI is InChI=1S/C26H31N7O/c1-17(34)32-11-12-33-23(16-32)25(28-26(33)18-7-5-4-6-8-18)19-9-10-22-21(13-19)24(29-31(22)3)20-14-27-30(2)15-20/h9-10,13-15,18H,4-8,11-12,16H2,1-3H3. The summed E-state index contributed by atoms with van der Waals surface area (Å²) in [7, 11) is 3.90. The Hall–Kier alpha value is -3.42. The molecule has 1 aliphatic heterocycles. The van der Waals surface area contributed by atoms with Gasteiger partial charge < -0.3 is 9.47 Å². The maximum atomic E-state index is 12.2. The van der Waals surface area contributed by atoms with E-state index in [1.165, 1.54) is 37.9 Å². The maximum absolute atomic E-state index is 12.2. The van der Waals surface area contributed by atoms with E-state index in [1.54, 1.807) is 11.6 Å². The van der Waals surface area contributed by atoms with Crippen LogP contribution in [-0.4, -0.2) is 46.5 Å². The van der Waals surface area contributed by atoms with Crippen molar-refractivity contribution < 1.29 is 4.79 Å². The number of hydrogen-bond acceptors (Lipinski definition) is 4. The van der Waals surface area contributed by atoms with E-state index in [0.717, 1.165) is 52.2 Å². The van der Waals surface area contributed by atoms with Gasteiger partial charge in [-0.05, 0) is 25.0 Å². The fraction of sp³-hybridized carbons (Fsp3) is 0.462. The molecular formula is C26H31N7O. The Morgan fingerprint density at radius 1 is 1.03 bits per heavy atom. The van der Waals surface area contributed by atoms with Crippen LogP contribution in [0.15, 0.2) is 30.6 Å². The van der Waals surface area contributed by atoms with Gasteiger partial charge >= 0.3 is 0 Å². The lowest BCUT2D eigenvalue weighted by molar-refractivity contribution is -0.130. The molecule has 0 saturated heterocycles. The summed E-state index contributed by atoms with van der Waals surface area (Å²) in [6, 6.07) is 6.50. The van der Waals surface area contributed by atoms with Crippen LogP contribution in [0.5, 0.6) is 0 Å². The molecule has 1 fully saturated rings. The summed E-state index contributed by atoms with van der Waals surface area (Å²) < 4.78 is 6.15. The Morgan fingerprint density at radius 3 is 2.59 bits per heavy atom. The second-order valence-corrected chi connectivity index (χ2v) is 9.80. The van der Waals surface area contributed by atoms with Gasteiger partial charge in [0.15, 0.2) is 0 Å². The second kappa shape index (κ2) is 8.11. The predicted octanol–water partition coefficient (Wildman–Crippen LogP) is 4.25. The van der Waals surface area contributed by atoms with Gasteiger partial charge in [0.05, 0.1) is 29.6 Å². The molecule has 4 heterocycles. The van der Waals surface area contributed by atoms with E-state index < -0.39 is 0 Å². The Kier molecular flexibility index (Phi) is 5.04. The highest BCUT2D eigenvalue weighted by molar-refractivity contribution is 5.95. The van der Waals surface area contributed by atoms with Crippen LogP contribution in [0.25, 0.3) is 33.4 Å². The molecule has 2 aliphatic rings. The SMILES string of the molecule is CC(=O)N1CCn2c(C3CCCCC3)nc(-c3ccc4c(c3)c(-c3cnn(C)c3)nn4C)c2C1. The highest BCUT2D eigenvalue weighted by atomic mass is 16.2. The summed E-state index contributed by atoms with van der Waals surface area (Å²) in [6.07, 6.45) is 10.1. The number of carbonyl (C=O) groups is 1. The zero-order chi connectivity index (χ0) is 23.4. The van der Waals surface area contributed by atoms with E-state index in [0.29, 0.717) is 12.5 Å². The van der Waals surface area contributed by atoms with Crippen molar-refractivity contribution in [3.8, 4) is 22.5 Å². The summed E-state index contributed by atoms with van der Waals surface area (Å²) in [5.74, 6) is 1.85. The molecule has 0 spiro atoms. The summed E-state index contributed by atoms with van der Waals surface area (Å²) in [4.78, 5) is 19.4. The lowest BCUT2D eigenvalue weighted by Crippen LogP contribution is -2.37. The average molecular weight is 458 g/mol. The molecule has 34 heavy (non-hydrogen) atoms. The number of rotatable bonds is 3. The van der Waals surface area contributed by atoms with Crippen molar-refractivity contribution in [2.45, 2.75) is 58.0 Å². The molecule has 3 aromatic heterocycles. The monoisotopic (exact) mass is 457 g/mol. The van der Waals surface area contributed by atoms with E-state index in [2.05, 4.69) is 27.9 Å².